The average Bonchev–Trinajstić information content (AvgIpc) is 3.23. The molecule has 0 aliphatic heterocycles. The van der Waals surface area contributed by atoms with Gasteiger partial charge in [-0.3, -0.25) is 0 Å². The number of fused-ring (bicyclic) bond motifs is 1. The molecule has 1 atom stereocenters. The molecule has 3 aromatic heterocycles. The predicted molar refractivity (Wildman–Crippen MR) is 79.8 cm³/mol. The number of rotatable bonds is 3. The van der Waals surface area contributed by atoms with E-state index in [1.54, 1.807) is 12.5 Å². The molecule has 1 unspecified atom stereocenters. The zero-order chi connectivity index (χ0) is 14.2. The highest BCUT2D eigenvalue weighted by molar-refractivity contribution is 5.75. The van der Waals surface area contributed by atoms with Crippen LogP contribution in [0.4, 0.5) is 0 Å². The highest BCUT2D eigenvalue weighted by atomic mass is 16.3. The van der Waals surface area contributed by atoms with Gasteiger partial charge in [0.25, 0.3) is 0 Å². The first kappa shape index (κ1) is 12.0. The van der Waals surface area contributed by atoms with Gasteiger partial charge in [-0.2, -0.15) is 5.10 Å². The van der Waals surface area contributed by atoms with Crippen molar-refractivity contribution in [3.63, 3.8) is 0 Å². The minimum absolute atomic E-state index is 0.129. The van der Waals surface area contributed by atoms with Crippen molar-refractivity contribution in [2.75, 3.05) is 0 Å². The Hall–Kier alpha value is -2.82. The van der Waals surface area contributed by atoms with Gasteiger partial charge in [0.15, 0.2) is 5.65 Å². The molecule has 104 valence electrons. The molecule has 4 rings (SSSR count). The molecule has 0 spiro atoms. The van der Waals surface area contributed by atoms with E-state index in [1.807, 2.05) is 35.1 Å². The number of H-pyrrole nitrogens is 1. The molecule has 0 aliphatic rings. The van der Waals surface area contributed by atoms with Gasteiger partial charge >= 0.3 is 0 Å². The number of hydrogen-bond donors (Lipinski definition) is 1. The maximum atomic E-state index is 5.11. The molecule has 0 fully saturated rings. The molecule has 4 aromatic rings. The molecule has 0 amide bonds. The van der Waals surface area contributed by atoms with Gasteiger partial charge in [-0.1, -0.05) is 30.3 Å². The van der Waals surface area contributed by atoms with Crippen LogP contribution in [0.15, 0.2) is 59.5 Å². The third-order valence-corrected chi connectivity index (χ3v) is 3.68. The van der Waals surface area contributed by atoms with Crippen LogP contribution in [0.5, 0.6) is 0 Å². The fraction of sp³-hybridized carbons (Fsp3) is 0.125. The maximum absolute atomic E-state index is 5.11. The Kier molecular flexibility index (Phi) is 2.64. The molecular weight excluding hydrogens is 264 g/mol. The number of nitrogens with one attached hydrogen (secondary N) is 1. The summed E-state index contributed by atoms with van der Waals surface area (Å²) < 4.78 is 7.04. The summed E-state index contributed by atoms with van der Waals surface area (Å²) in [6.07, 6.45) is 5.13. The summed E-state index contributed by atoms with van der Waals surface area (Å²) in [6.45, 7) is 2.12. The number of benzene rings is 1. The maximum Gasteiger partial charge on any atom is 0.177 e. The van der Waals surface area contributed by atoms with Crippen molar-refractivity contribution in [3.8, 4) is 11.4 Å². The number of aromatic amines is 1. The molecule has 0 bridgehead atoms. The van der Waals surface area contributed by atoms with E-state index >= 15 is 0 Å². The second-order valence-corrected chi connectivity index (χ2v) is 5.01. The minimum Gasteiger partial charge on any atom is -0.472 e. The van der Waals surface area contributed by atoms with Crippen molar-refractivity contribution in [2.45, 2.75) is 13.0 Å². The van der Waals surface area contributed by atoms with Crippen molar-refractivity contribution in [3.05, 3.63) is 60.7 Å². The van der Waals surface area contributed by atoms with Crippen LogP contribution in [-0.2, 0) is 0 Å². The highest BCUT2D eigenvalue weighted by Crippen LogP contribution is 2.25. The van der Waals surface area contributed by atoms with Crippen LogP contribution in [0.1, 0.15) is 18.5 Å². The van der Waals surface area contributed by atoms with Gasteiger partial charge in [0.2, 0.25) is 0 Å². The molecular formula is C16H14N4O. The second kappa shape index (κ2) is 4.63. The lowest BCUT2D eigenvalue weighted by molar-refractivity contribution is 0.568. The van der Waals surface area contributed by atoms with Gasteiger partial charge in [-0.25, -0.2) is 9.67 Å². The van der Waals surface area contributed by atoms with Crippen molar-refractivity contribution >= 4 is 11.2 Å². The SMILES string of the molecule is CC(c1ccccc1)n1ncc2[nH]c(-c3ccoc3)nc21. The normalized spacial score (nSPS) is 12.8. The molecule has 21 heavy (non-hydrogen) atoms. The predicted octanol–water partition coefficient (Wildman–Crippen LogP) is 3.63. The molecule has 1 aromatic carbocycles. The van der Waals surface area contributed by atoms with E-state index < -0.39 is 0 Å². The zero-order valence-corrected chi connectivity index (χ0v) is 11.5. The number of nitrogens with zero attached hydrogens (tertiary/aromatic N) is 3. The summed E-state index contributed by atoms with van der Waals surface area (Å²) in [4.78, 5) is 7.92. The standard InChI is InChI=1S/C16H14N4O/c1-11(12-5-3-2-4-6-12)20-16-14(9-17-20)18-15(19-16)13-7-8-21-10-13/h2-11H,1H3,(H,18,19). The third kappa shape index (κ3) is 1.94. The molecule has 5 heteroatoms. The molecule has 1 N–H and O–H groups in total. The first-order valence-corrected chi connectivity index (χ1v) is 6.83. The van der Waals surface area contributed by atoms with E-state index in [0.717, 1.165) is 22.6 Å². The summed E-state index contributed by atoms with van der Waals surface area (Å²) >= 11 is 0. The molecule has 0 saturated carbocycles. The summed E-state index contributed by atoms with van der Waals surface area (Å²) in [5.74, 6) is 0.796. The Morgan fingerprint density at radius 1 is 1.19 bits per heavy atom. The quantitative estimate of drug-likeness (QED) is 0.622. The van der Waals surface area contributed by atoms with E-state index in [2.05, 4.69) is 34.1 Å². The number of aromatic nitrogens is 4. The monoisotopic (exact) mass is 278 g/mol. The summed E-state index contributed by atoms with van der Waals surface area (Å²) in [5.41, 5.74) is 3.91. The van der Waals surface area contributed by atoms with Crippen LogP contribution < -0.4 is 0 Å². The topological polar surface area (TPSA) is 59.6 Å². The minimum atomic E-state index is 0.129. The van der Waals surface area contributed by atoms with Crippen LogP contribution in [0, 0.1) is 0 Å². The fourth-order valence-corrected chi connectivity index (χ4v) is 2.51. The lowest BCUT2D eigenvalue weighted by atomic mass is 10.1. The van der Waals surface area contributed by atoms with Crippen molar-refractivity contribution in [1.29, 1.82) is 0 Å². The van der Waals surface area contributed by atoms with Crippen molar-refractivity contribution < 1.29 is 4.42 Å². The smallest absolute Gasteiger partial charge is 0.177 e. The van der Waals surface area contributed by atoms with E-state index in [1.165, 1.54) is 5.56 Å². The number of hydrogen-bond acceptors (Lipinski definition) is 3. The molecule has 5 nitrogen and oxygen atoms in total. The molecule has 3 heterocycles. The van der Waals surface area contributed by atoms with Crippen LogP contribution in [0.3, 0.4) is 0 Å². The summed E-state index contributed by atoms with van der Waals surface area (Å²) in [5, 5.41) is 4.45. The average molecular weight is 278 g/mol. The Bertz CT molecular complexity index is 858. The Morgan fingerprint density at radius 2 is 2.05 bits per heavy atom. The van der Waals surface area contributed by atoms with E-state index in [-0.39, 0.29) is 6.04 Å². The van der Waals surface area contributed by atoms with Gasteiger partial charge in [0.1, 0.15) is 17.6 Å². The summed E-state index contributed by atoms with van der Waals surface area (Å²) in [7, 11) is 0. The lowest BCUT2D eigenvalue weighted by Gasteiger charge is -2.12. The Balaban J connectivity index is 1.79. The van der Waals surface area contributed by atoms with Gasteiger partial charge in [-0.05, 0) is 18.6 Å². The van der Waals surface area contributed by atoms with Gasteiger partial charge in [0, 0.05) is 0 Å². The number of imidazole rings is 1. The number of furan rings is 1. The zero-order valence-electron chi connectivity index (χ0n) is 11.5. The van der Waals surface area contributed by atoms with Gasteiger partial charge < -0.3 is 9.40 Å². The van der Waals surface area contributed by atoms with E-state index in [9.17, 15) is 0 Å². The Labute approximate surface area is 121 Å². The molecule has 0 radical (unpaired) electrons. The first-order valence-electron chi connectivity index (χ1n) is 6.83. The van der Waals surface area contributed by atoms with Crippen molar-refractivity contribution in [1.82, 2.24) is 19.7 Å². The van der Waals surface area contributed by atoms with Crippen molar-refractivity contribution in [2.24, 2.45) is 0 Å². The fourth-order valence-electron chi connectivity index (χ4n) is 2.51. The van der Waals surface area contributed by atoms with Crippen LogP contribution in [0.2, 0.25) is 0 Å². The van der Waals surface area contributed by atoms with Crippen LogP contribution in [0.25, 0.3) is 22.6 Å². The molecule has 0 saturated heterocycles. The van der Waals surface area contributed by atoms with Crippen LogP contribution >= 0.6 is 0 Å². The first-order chi connectivity index (χ1) is 10.3. The van der Waals surface area contributed by atoms with Gasteiger partial charge in [0.05, 0.1) is 24.1 Å². The van der Waals surface area contributed by atoms with Gasteiger partial charge in [-0.15, -0.1) is 0 Å². The van der Waals surface area contributed by atoms with E-state index in [4.69, 9.17) is 4.42 Å². The summed E-state index contributed by atoms with van der Waals surface area (Å²) in [6, 6.07) is 12.3. The molecule has 0 aliphatic carbocycles. The highest BCUT2D eigenvalue weighted by Gasteiger charge is 2.16. The second-order valence-electron chi connectivity index (χ2n) is 5.01. The van der Waals surface area contributed by atoms with Crippen LogP contribution in [-0.4, -0.2) is 19.7 Å². The largest absolute Gasteiger partial charge is 0.472 e. The Morgan fingerprint density at radius 3 is 2.81 bits per heavy atom. The van der Waals surface area contributed by atoms with E-state index in [0.29, 0.717) is 0 Å². The third-order valence-electron chi connectivity index (χ3n) is 3.68. The lowest BCUT2D eigenvalue weighted by Crippen LogP contribution is -2.08.